The highest BCUT2D eigenvalue weighted by Gasteiger charge is 2.18. The first-order chi connectivity index (χ1) is 15.3. The van der Waals surface area contributed by atoms with Crippen LogP contribution in [0.15, 0.2) is 29.3 Å². The van der Waals surface area contributed by atoms with Crippen LogP contribution in [-0.4, -0.2) is 59.1 Å². The molecule has 0 atom stereocenters. The van der Waals surface area contributed by atoms with Gasteiger partial charge in [-0.2, -0.15) is 0 Å². The van der Waals surface area contributed by atoms with Crippen molar-refractivity contribution in [3.05, 3.63) is 29.8 Å². The van der Waals surface area contributed by atoms with Gasteiger partial charge in [0.25, 0.3) is 0 Å². The molecule has 1 saturated carbocycles. The lowest BCUT2D eigenvalue weighted by Gasteiger charge is -2.33. The summed E-state index contributed by atoms with van der Waals surface area (Å²) in [4.78, 5) is 6.79. The summed E-state index contributed by atoms with van der Waals surface area (Å²) in [5.74, 6) is 1.51. The van der Waals surface area contributed by atoms with E-state index in [1.807, 2.05) is 7.05 Å². The van der Waals surface area contributed by atoms with Crippen molar-refractivity contribution in [2.75, 3.05) is 52.0 Å². The van der Waals surface area contributed by atoms with E-state index in [0.717, 1.165) is 64.7 Å². The van der Waals surface area contributed by atoms with E-state index in [1.165, 1.54) is 43.4 Å². The Labute approximate surface area is 188 Å². The maximum absolute atomic E-state index is 5.83. The third-order valence-electron chi connectivity index (χ3n) is 6.60. The van der Waals surface area contributed by atoms with E-state index >= 15 is 0 Å². The second-order valence-corrected chi connectivity index (χ2v) is 8.91. The van der Waals surface area contributed by atoms with Crippen LogP contribution in [0.5, 0.6) is 0 Å². The van der Waals surface area contributed by atoms with Gasteiger partial charge in [0.1, 0.15) is 0 Å². The van der Waals surface area contributed by atoms with Crippen molar-refractivity contribution in [2.24, 2.45) is 10.9 Å². The van der Waals surface area contributed by atoms with Crippen LogP contribution in [0.2, 0.25) is 0 Å². The van der Waals surface area contributed by atoms with E-state index in [2.05, 4.69) is 51.8 Å². The van der Waals surface area contributed by atoms with E-state index < -0.39 is 0 Å². The van der Waals surface area contributed by atoms with E-state index in [-0.39, 0.29) is 0 Å². The third kappa shape index (κ3) is 8.34. The molecule has 0 unspecified atom stereocenters. The van der Waals surface area contributed by atoms with Crippen molar-refractivity contribution < 1.29 is 9.47 Å². The van der Waals surface area contributed by atoms with Crippen molar-refractivity contribution in [3.63, 3.8) is 0 Å². The first kappa shape index (κ1) is 23.9. The molecule has 0 spiro atoms. The summed E-state index contributed by atoms with van der Waals surface area (Å²) in [5.41, 5.74) is 2.59. The Balaban J connectivity index is 1.29. The highest BCUT2D eigenvalue weighted by atomic mass is 16.5. The van der Waals surface area contributed by atoms with Gasteiger partial charge < -0.3 is 25.0 Å². The summed E-state index contributed by atoms with van der Waals surface area (Å²) >= 11 is 0. The Bertz CT molecular complexity index is 637. The number of hydrogen-bond acceptors (Lipinski definition) is 4. The molecule has 2 fully saturated rings. The van der Waals surface area contributed by atoms with Gasteiger partial charge in [-0.15, -0.1) is 0 Å². The molecule has 3 rings (SSSR count). The average molecular weight is 431 g/mol. The number of guanidine groups is 1. The number of hydrogen-bond donors (Lipinski definition) is 2. The average Bonchev–Trinajstić information content (AvgIpc) is 2.84. The van der Waals surface area contributed by atoms with Crippen LogP contribution in [0, 0.1) is 5.92 Å². The molecule has 31 heavy (non-hydrogen) atoms. The van der Waals surface area contributed by atoms with Crippen LogP contribution in [0.1, 0.15) is 56.9 Å². The Morgan fingerprint density at radius 3 is 2.52 bits per heavy atom. The molecule has 1 aliphatic heterocycles. The van der Waals surface area contributed by atoms with Gasteiger partial charge >= 0.3 is 0 Å². The number of rotatable bonds is 10. The van der Waals surface area contributed by atoms with E-state index in [4.69, 9.17) is 9.47 Å². The van der Waals surface area contributed by atoms with Crippen molar-refractivity contribution >= 4 is 11.6 Å². The fourth-order valence-electron chi connectivity index (χ4n) is 4.48. The topological polar surface area (TPSA) is 58.1 Å². The molecule has 1 aromatic carbocycles. The minimum atomic E-state index is 0.671. The summed E-state index contributed by atoms with van der Waals surface area (Å²) in [6, 6.07) is 9.63. The first-order valence-electron chi connectivity index (χ1n) is 12.2. The normalized spacial score (nSPS) is 18.7. The summed E-state index contributed by atoms with van der Waals surface area (Å²) in [6.45, 7) is 5.06. The highest BCUT2D eigenvalue weighted by molar-refractivity contribution is 5.79. The monoisotopic (exact) mass is 430 g/mol. The van der Waals surface area contributed by atoms with E-state index in [0.29, 0.717) is 12.0 Å². The number of benzene rings is 1. The van der Waals surface area contributed by atoms with Crippen molar-refractivity contribution in [2.45, 2.75) is 64.0 Å². The summed E-state index contributed by atoms with van der Waals surface area (Å²) < 4.78 is 11.2. The summed E-state index contributed by atoms with van der Waals surface area (Å²) in [6.07, 6.45) is 10.0. The van der Waals surface area contributed by atoms with Gasteiger partial charge in [0.15, 0.2) is 5.96 Å². The van der Waals surface area contributed by atoms with Crippen LogP contribution in [0.3, 0.4) is 0 Å². The van der Waals surface area contributed by atoms with Crippen LogP contribution in [0.25, 0.3) is 0 Å². The number of nitrogens with one attached hydrogen (secondary N) is 2. The molecule has 2 N–H and O–H groups in total. The minimum Gasteiger partial charge on any atom is -0.381 e. The molecule has 6 nitrogen and oxygen atoms in total. The van der Waals surface area contributed by atoms with Gasteiger partial charge in [0.05, 0.1) is 0 Å². The molecule has 174 valence electrons. The molecule has 2 aliphatic rings. The third-order valence-corrected chi connectivity index (χ3v) is 6.60. The largest absolute Gasteiger partial charge is 0.381 e. The van der Waals surface area contributed by atoms with Crippen molar-refractivity contribution in [3.8, 4) is 0 Å². The SMILES string of the molecule is CN=C(NCCCOCC1CCOCC1)NCc1ccc(N(C)C2CCCCC2)cc1. The van der Waals surface area contributed by atoms with Crippen LogP contribution < -0.4 is 15.5 Å². The summed E-state index contributed by atoms with van der Waals surface area (Å²) in [7, 11) is 4.06. The maximum Gasteiger partial charge on any atom is 0.191 e. The van der Waals surface area contributed by atoms with Gasteiger partial charge in [0, 0.05) is 65.3 Å². The molecule has 0 aromatic heterocycles. The number of ether oxygens (including phenoxy) is 2. The Hall–Kier alpha value is -1.79. The van der Waals surface area contributed by atoms with Gasteiger partial charge in [-0.1, -0.05) is 31.4 Å². The Morgan fingerprint density at radius 2 is 1.81 bits per heavy atom. The zero-order valence-corrected chi connectivity index (χ0v) is 19.6. The quantitative estimate of drug-likeness (QED) is 0.334. The lowest BCUT2D eigenvalue weighted by atomic mass is 9.94. The predicted octanol–water partition coefficient (Wildman–Crippen LogP) is 3.95. The Kier molecular flexibility index (Phi) is 10.5. The fraction of sp³-hybridized carbons (Fsp3) is 0.720. The van der Waals surface area contributed by atoms with Crippen molar-refractivity contribution in [1.29, 1.82) is 0 Å². The van der Waals surface area contributed by atoms with Gasteiger partial charge in [-0.3, -0.25) is 4.99 Å². The zero-order chi connectivity index (χ0) is 21.7. The zero-order valence-electron chi connectivity index (χ0n) is 19.6. The molecule has 1 heterocycles. The number of anilines is 1. The maximum atomic E-state index is 5.83. The molecule has 1 aromatic rings. The van der Waals surface area contributed by atoms with Gasteiger partial charge in [-0.05, 0) is 55.7 Å². The summed E-state index contributed by atoms with van der Waals surface area (Å²) in [5, 5.41) is 6.79. The molecule has 6 heteroatoms. The number of nitrogens with zero attached hydrogens (tertiary/aromatic N) is 2. The van der Waals surface area contributed by atoms with E-state index in [9.17, 15) is 0 Å². The smallest absolute Gasteiger partial charge is 0.191 e. The van der Waals surface area contributed by atoms with Gasteiger partial charge in [-0.25, -0.2) is 0 Å². The lowest BCUT2D eigenvalue weighted by molar-refractivity contribution is 0.0203. The molecular weight excluding hydrogens is 388 g/mol. The second-order valence-electron chi connectivity index (χ2n) is 8.91. The predicted molar refractivity (Wildman–Crippen MR) is 129 cm³/mol. The van der Waals surface area contributed by atoms with Crippen molar-refractivity contribution in [1.82, 2.24) is 10.6 Å². The first-order valence-corrected chi connectivity index (χ1v) is 12.2. The van der Waals surface area contributed by atoms with Gasteiger partial charge in [0.2, 0.25) is 0 Å². The molecule has 0 radical (unpaired) electrons. The molecular formula is C25H42N4O2. The second kappa shape index (κ2) is 13.6. The molecule has 0 bridgehead atoms. The van der Waals surface area contributed by atoms with Crippen LogP contribution >= 0.6 is 0 Å². The number of aliphatic imine (C=N–C) groups is 1. The minimum absolute atomic E-state index is 0.671. The van der Waals surface area contributed by atoms with Crippen LogP contribution in [0.4, 0.5) is 5.69 Å². The standard InChI is InChI=1S/C25H42N4O2/c1-26-25(27-15-6-16-31-20-22-13-17-30-18-14-22)28-19-21-9-11-24(12-10-21)29(2)23-7-4-3-5-8-23/h9-12,22-23H,3-8,13-20H2,1-2H3,(H2,26,27,28). The molecule has 0 amide bonds. The molecule has 1 aliphatic carbocycles. The lowest BCUT2D eigenvalue weighted by Crippen LogP contribution is -2.37. The fourth-order valence-corrected chi connectivity index (χ4v) is 4.48. The van der Waals surface area contributed by atoms with E-state index in [1.54, 1.807) is 0 Å². The Morgan fingerprint density at radius 1 is 1.06 bits per heavy atom. The molecule has 1 saturated heterocycles. The highest BCUT2D eigenvalue weighted by Crippen LogP contribution is 2.26. The van der Waals surface area contributed by atoms with Crippen LogP contribution in [-0.2, 0) is 16.0 Å².